The van der Waals surface area contributed by atoms with Gasteiger partial charge in [0, 0.05) is 6.54 Å². The van der Waals surface area contributed by atoms with E-state index in [1.807, 2.05) is 42.5 Å². The van der Waals surface area contributed by atoms with E-state index in [-0.39, 0.29) is 5.91 Å². The van der Waals surface area contributed by atoms with Gasteiger partial charge in [-0.05, 0) is 56.4 Å². The van der Waals surface area contributed by atoms with Crippen LogP contribution in [0.15, 0.2) is 60.3 Å². The van der Waals surface area contributed by atoms with Gasteiger partial charge in [-0.1, -0.05) is 29.8 Å². The van der Waals surface area contributed by atoms with E-state index in [0.717, 1.165) is 24.5 Å². The molecule has 2 aromatic rings. The summed E-state index contributed by atoms with van der Waals surface area (Å²) in [6.45, 7) is 1.24. The second-order valence-corrected chi connectivity index (χ2v) is 6.68. The van der Waals surface area contributed by atoms with Crippen molar-refractivity contribution in [1.82, 2.24) is 4.98 Å². The Labute approximate surface area is 160 Å². The molecule has 0 radical (unpaired) electrons. The molecule has 1 aliphatic carbocycles. The van der Waals surface area contributed by atoms with Gasteiger partial charge < -0.3 is 15.4 Å². The van der Waals surface area contributed by atoms with Crippen LogP contribution in [-0.2, 0) is 4.79 Å². The van der Waals surface area contributed by atoms with Crippen LogP contribution in [0.25, 0.3) is 0 Å². The van der Waals surface area contributed by atoms with Gasteiger partial charge in [-0.25, -0.2) is 4.98 Å². The number of nitrogens with one attached hydrogen (secondary N) is 2. The summed E-state index contributed by atoms with van der Waals surface area (Å²) in [6, 6.07) is 13.2. The topological polar surface area (TPSA) is 63.2 Å². The molecule has 1 aromatic heterocycles. The van der Waals surface area contributed by atoms with Gasteiger partial charge in [0.15, 0.2) is 0 Å². The lowest BCUT2D eigenvalue weighted by atomic mass is 9.97. The molecule has 5 heteroatoms. The minimum atomic E-state index is -0.0855. The molecular formula is C22H27N3O2. The van der Waals surface area contributed by atoms with E-state index < -0.39 is 0 Å². The Morgan fingerprint density at radius 3 is 2.74 bits per heavy atom. The lowest BCUT2D eigenvalue weighted by Crippen LogP contribution is -2.15. The van der Waals surface area contributed by atoms with Gasteiger partial charge in [0.05, 0.1) is 24.9 Å². The Kier molecular flexibility index (Phi) is 7.27. The van der Waals surface area contributed by atoms with Gasteiger partial charge in [-0.3, -0.25) is 4.79 Å². The van der Waals surface area contributed by atoms with Gasteiger partial charge in [0.25, 0.3) is 0 Å². The molecule has 2 N–H and O–H groups in total. The smallest absolute Gasteiger partial charge is 0.227 e. The molecule has 142 valence electrons. The Balaban J connectivity index is 1.35. The maximum Gasteiger partial charge on any atom is 0.227 e. The molecular weight excluding hydrogens is 338 g/mol. The zero-order chi connectivity index (χ0) is 18.7. The third-order valence-corrected chi connectivity index (χ3v) is 4.53. The zero-order valence-corrected chi connectivity index (χ0v) is 15.6. The molecule has 27 heavy (non-hydrogen) atoms. The number of aromatic nitrogens is 1. The third kappa shape index (κ3) is 6.77. The lowest BCUT2D eigenvalue weighted by molar-refractivity contribution is -0.116. The van der Waals surface area contributed by atoms with Crippen molar-refractivity contribution in [2.45, 2.75) is 38.5 Å². The number of ether oxygens (including phenoxy) is 1. The van der Waals surface area contributed by atoms with Crippen molar-refractivity contribution in [2.24, 2.45) is 0 Å². The second kappa shape index (κ2) is 10.4. The number of para-hydroxylation sites is 1. The average molecular weight is 365 g/mol. The summed E-state index contributed by atoms with van der Waals surface area (Å²) in [5.41, 5.74) is 2.25. The number of hydrogen-bond donors (Lipinski definition) is 2. The number of rotatable bonds is 9. The predicted octanol–water partition coefficient (Wildman–Crippen LogP) is 4.79. The Bertz CT molecular complexity index is 742. The van der Waals surface area contributed by atoms with E-state index in [4.69, 9.17) is 4.74 Å². The quantitative estimate of drug-likeness (QED) is 0.627. The summed E-state index contributed by atoms with van der Waals surface area (Å²) in [6.07, 6.45) is 10.5. The first-order valence-electron chi connectivity index (χ1n) is 9.65. The summed E-state index contributed by atoms with van der Waals surface area (Å²) >= 11 is 0. The number of hydrogen-bond acceptors (Lipinski definition) is 4. The highest BCUT2D eigenvalue weighted by Gasteiger charge is 2.05. The normalized spacial score (nSPS) is 13.6. The van der Waals surface area contributed by atoms with Crippen LogP contribution < -0.4 is 15.4 Å². The third-order valence-electron chi connectivity index (χ3n) is 4.53. The molecule has 5 nitrogen and oxygen atoms in total. The molecule has 3 rings (SSSR count). The molecule has 0 bridgehead atoms. The number of carbonyl (C=O) groups is 1. The molecule has 0 saturated carbocycles. The van der Waals surface area contributed by atoms with Crippen molar-refractivity contribution in [3.05, 3.63) is 60.3 Å². The van der Waals surface area contributed by atoms with E-state index in [9.17, 15) is 4.79 Å². The molecule has 1 amide bonds. The van der Waals surface area contributed by atoms with E-state index in [1.165, 1.54) is 25.7 Å². The van der Waals surface area contributed by atoms with Gasteiger partial charge in [0.1, 0.15) is 11.6 Å². The minimum Gasteiger partial charge on any atom is -0.493 e. The van der Waals surface area contributed by atoms with E-state index in [0.29, 0.717) is 18.7 Å². The summed E-state index contributed by atoms with van der Waals surface area (Å²) in [5.74, 6) is 1.51. The number of benzene rings is 1. The minimum absolute atomic E-state index is 0.0855. The highest BCUT2D eigenvalue weighted by Crippen LogP contribution is 2.20. The maximum atomic E-state index is 12.0. The van der Waals surface area contributed by atoms with Crippen LogP contribution in [0.3, 0.4) is 0 Å². The highest BCUT2D eigenvalue weighted by molar-refractivity contribution is 5.90. The molecule has 0 saturated heterocycles. The van der Waals surface area contributed by atoms with Crippen molar-refractivity contribution in [3.8, 4) is 5.75 Å². The molecule has 1 heterocycles. The number of carbonyl (C=O) groups excluding carboxylic acids is 1. The zero-order valence-electron chi connectivity index (χ0n) is 15.6. The fourth-order valence-electron chi connectivity index (χ4n) is 3.06. The number of nitrogens with zero attached hydrogens (tertiary/aromatic N) is 1. The van der Waals surface area contributed by atoms with Crippen LogP contribution in [0, 0.1) is 0 Å². The van der Waals surface area contributed by atoms with Gasteiger partial charge in [-0.15, -0.1) is 0 Å². The molecule has 0 spiro atoms. The lowest BCUT2D eigenvalue weighted by Gasteiger charge is -2.13. The molecule has 0 atom stereocenters. The monoisotopic (exact) mass is 365 g/mol. The van der Waals surface area contributed by atoms with Crippen molar-refractivity contribution in [2.75, 3.05) is 23.8 Å². The number of allylic oxidation sites excluding steroid dienone is 1. The van der Waals surface area contributed by atoms with E-state index in [1.54, 1.807) is 11.8 Å². The second-order valence-electron chi connectivity index (χ2n) is 6.68. The van der Waals surface area contributed by atoms with Crippen LogP contribution in [0.5, 0.6) is 5.75 Å². The summed E-state index contributed by atoms with van der Waals surface area (Å²) in [5, 5.41) is 6.19. The Hall–Kier alpha value is -2.82. The largest absolute Gasteiger partial charge is 0.493 e. The van der Waals surface area contributed by atoms with Crippen molar-refractivity contribution >= 4 is 17.4 Å². The molecule has 1 aliphatic rings. The number of amides is 1. The summed E-state index contributed by atoms with van der Waals surface area (Å²) < 4.78 is 5.54. The van der Waals surface area contributed by atoms with E-state index in [2.05, 4.69) is 21.7 Å². The average Bonchev–Trinajstić information content (AvgIpc) is 2.71. The molecule has 0 unspecified atom stereocenters. The van der Waals surface area contributed by atoms with Gasteiger partial charge >= 0.3 is 0 Å². The van der Waals surface area contributed by atoms with Crippen molar-refractivity contribution in [3.63, 3.8) is 0 Å². The van der Waals surface area contributed by atoms with Crippen LogP contribution in [0.4, 0.5) is 11.5 Å². The summed E-state index contributed by atoms with van der Waals surface area (Å²) in [7, 11) is 0. The van der Waals surface area contributed by atoms with Crippen LogP contribution in [0.2, 0.25) is 0 Å². The van der Waals surface area contributed by atoms with Crippen LogP contribution in [-0.4, -0.2) is 24.0 Å². The molecule has 0 aliphatic heterocycles. The fourth-order valence-corrected chi connectivity index (χ4v) is 3.06. The first-order valence-corrected chi connectivity index (χ1v) is 9.65. The van der Waals surface area contributed by atoms with Gasteiger partial charge in [0.2, 0.25) is 5.91 Å². The first-order chi connectivity index (χ1) is 13.3. The van der Waals surface area contributed by atoms with Gasteiger partial charge in [-0.2, -0.15) is 0 Å². The summed E-state index contributed by atoms with van der Waals surface area (Å²) in [4.78, 5) is 16.4. The van der Waals surface area contributed by atoms with Crippen molar-refractivity contribution in [1.29, 1.82) is 0 Å². The number of anilines is 2. The predicted molar refractivity (Wildman–Crippen MR) is 109 cm³/mol. The standard InChI is InChI=1S/C22H27N3O2/c26-22(14-16-27-20-9-5-2-6-10-20)25-19-11-12-21(24-17-19)23-15-13-18-7-3-1-4-8-18/h2,5-7,9-12,17H,1,3-4,8,13-16H2,(H,23,24)(H,25,26). The first kappa shape index (κ1) is 19.0. The van der Waals surface area contributed by atoms with Crippen LogP contribution in [0.1, 0.15) is 38.5 Å². The maximum absolute atomic E-state index is 12.0. The van der Waals surface area contributed by atoms with Crippen LogP contribution >= 0.6 is 0 Å². The molecule has 1 aromatic carbocycles. The molecule has 0 fully saturated rings. The highest BCUT2D eigenvalue weighted by atomic mass is 16.5. The Morgan fingerprint density at radius 2 is 2.00 bits per heavy atom. The number of pyridine rings is 1. The fraction of sp³-hybridized carbons (Fsp3) is 0.364. The van der Waals surface area contributed by atoms with Crippen molar-refractivity contribution < 1.29 is 9.53 Å². The SMILES string of the molecule is O=C(CCOc1ccccc1)Nc1ccc(NCCC2=CCCCC2)nc1. The van der Waals surface area contributed by atoms with E-state index >= 15 is 0 Å². The Morgan fingerprint density at radius 1 is 1.11 bits per heavy atom.